The van der Waals surface area contributed by atoms with E-state index in [0.29, 0.717) is 17.2 Å². The maximum atomic E-state index is 12.6. The Balaban J connectivity index is 1.33. The van der Waals surface area contributed by atoms with Crippen molar-refractivity contribution in [2.75, 3.05) is 24.5 Å². The van der Waals surface area contributed by atoms with Crippen molar-refractivity contribution in [3.05, 3.63) is 58.0 Å². The summed E-state index contributed by atoms with van der Waals surface area (Å²) in [6.07, 6.45) is 1.56. The number of aromatic nitrogens is 3. The summed E-state index contributed by atoms with van der Waals surface area (Å²) in [6, 6.07) is 11.7. The standard InChI is InChI=1S/C21H25N5O2S/c1-14(16-6-4-3-5-7-16)13-22-19(28)17-8-10-25(11-9-17)21-24-26-18(27)12-15(2)23-20(26)29-21/h3-7,12,14,17H,8-11,13H2,1-2H3,(H,22,28)/t14-/m1/s1. The van der Waals surface area contributed by atoms with E-state index >= 15 is 0 Å². The lowest BCUT2D eigenvalue weighted by atomic mass is 9.95. The van der Waals surface area contributed by atoms with Crippen molar-refractivity contribution in [1.29, 1.82) is 0 Å². The van der Waals surface area contributed by atoms with Gasteiger partial charge in [-0.05, 0) is 31.2 Å². The molecule has 3 heterocycles. The fourth-order valence-electron chi connectivity index (χ4n) is 3.67. The maximum absolute atomic E-state index is 12.6. The number of benzene rings is 1. The van der Waals surface area contributed by atoms with Crippen molar-refractivity contribution in [3.63, 3.8) is 0 Å². The van der Waals surface area contributed by atoms with Gasteiger partial charge in [-0.2, -0.15) is 4.52 Å². The van der Waals surface area contributed by atoms with Gasteiger partial charge in [0, 0.05) is 37.3 Å². The van der Waals surface area contributed by atoms with Gasteiger partial charge in [0.05, 0.1) is 0 Å². The Bertz CT molecular complexity index is 1050. The van der Waals surface area contributed by atoms with E-state index in [1.54, 1.807) is 0 Å². The number of carbonyl (C=O) groups excluding carboxylic acids is 1. The van der Waals surface area contributed by atoms with Crippen LogP contribution in [0.4, 0.5) is 5.13 Å². The summed E-state index contributed by atoms with van der Waals surface area (Å²) in [4.78, 5) is 31.8. The third kappa shape index (κ3) is 4.32. The minimum Gasteiger partial charge on any atom is -0.355 e. The molecule has 1 fully saturated rings. The van der Waals surface area contributed by atoms with Crippen LogP contribution in [-0.4, -0.2) is 40.1 Å². The highest BCUT2D eigenvalue weighted by molar-refractivity contribution is 7.20. The van der Waals surface area contributed by atoms with Gasteiger partial charge in [0.1, 0.15) is 0 Å². The third-order valence-electron chi connectivity index (χ3n) is 5.45. The second-order valence-corrected chi connectivity index (χ2v) is 8.57. The van der Waals surface area contributed by atoms with Crippen LogP contribution in [0, 0.1) is 12.8 Å². The molecule has 29 heavy (non-hydrogen) atoms. The number of amides is 1. The molecule has 1 N–H and O–H groups in total. The summed E-state index contributed by atoms with van der Waals surface area (Å²) in [6.45, 7) is 6.08. The number of hydrogen-bond acceptors (Lipinski definition) is 6. The van der Waals surface area contributed by atoms with Gasteiger partial charge in [0.15, 0.2) is 0 Å². The van der Waals surface area contributed by atoms with Crippen molar-refractivity contribution >= 4 is 27.3 Å². The van der Waals surface area contributed by atoms with Crippen molar-refractivity contribution in [2.45, 2.75) is 32.6 Å². The Morgan fingerprint density at radius 1 is 1.28 bits per heavy atom. The molecule has 152 valence electrons. The average molecular weight is 412 g/mol. The summed E-state index contributed by atoms with van der Waals surface area (Å²) in [5.41, 5.74) is 1.78. The first-order chi connectivity index (χ1) is 14.0. The number of fused-ring (bicyclic) bond motifs is 1. The first-order valence-electron chi connectivity index (χ1n) is 9.96. The Hall–Kier alpha value is -2.74. The highest BCUT2D eigenvalue weighted by atomic mass is 32.1. The largest absolute Gasteiger partial charge is 0.355 e. The van der Waals surface area contributed by atoms with E-state index in [4.69, 9.17) is 0 Å². The molecule has 0 radical (unpaired) electrons. The molecule has 0 aliphatic carbocycles. The number of anilines is 1. The quantitative estimate of drug-likeness (QED) is 0.698. The van der Waals surface area contributed by atoms with E-state index in [1.807, 2.05) is 25.1 Å². The van der Waals surface area contributed by atoms with Gasteiger partial charge in [-0.1, -0.05) is 48.6 Å². The molecule has 0 bridgehead atoms. The minimum atomic E-state index is -0.156. The molecule has 4 rings (SSSR count). The lowest BCUT2D eigenvalue weighted by Crippen LogP contribution is -2.41. The monoisotopic (exact) mass is 411 g/mol. The van der Waals surface area contributed by atoms with Gasteiger partial charge in [-0.25, -0.2) is 4.98 Å². The van der Waals surface area contributed by atoms with Crippen LogP contribution in [0.3, 0.4) is 0 Å². The number of rotatable bonds is 5. The molecule has 1 amide bonds. The Morgan fingerprint density at radius 3 is 2.72 bits per heavy atom. The topological polar surface area (TPSA) is 79.6 Å². The zero-order chi connectivity index (χ0) is 20.4. The van der Waals surface area contributed by atoms with Crippen LogP contribution in [0.5, 0.6) is 0 Å². The second kappa shape index (κ2) is 8.32. The molecule has 8 heteroatoms. The predicted molar refractivity (Wildman–Crippen MR) is 115 cm³/mol. The predicted octanol–water partition coefficient (Wildman–Crippen LogP) is 2.60. The minimum absolute atomic E-state index is 0.0201. The van der Waals surface area contributed by atoms with E-state index in [2.05, 4.69) is 39.4 Å². The summed E-state index contributed by atoms with van der Waals surface area (Å²) >= 11 is 1.42. The molecule has 3 aromatic rings. The van der Waals surface area contributed by atoms with Crippen molar-refractivity contribution in [3.8, 4) is 0 Å². The van der Waals surface area contributed by atoms with Gasteiger partial charge >= 0.3 is 0 Å². The van der Waals surface area contributed by atoms with Crippen molar-refractivity contribution < 1.29 is 4.79 Å². The summed E-state index contributed by atoms with van der Waals surface area (Å²) in [5.74, 6) is 0.439. The number of nitrogens with one attached hydrogen (secondary N) is 1. The molecule has 1 aliphatic rings. The zero-order valence-electron chi connectivity index (χ0n) is 16.7. The van der Waals surface area contributed by atoms with Crippen LogP contribution in [0.1, 0.15) is 36.9 Å². The number of carbonyl (C=O) groups is 1. The Kier molecular flexibility index (Phi) is 5.62. The van der Waals surface area contributed by atoms with Crippen LogP contribution in [0.2, 0.25) is 0 Å². The molecule has 1 saturated heterocycles. The molecular formula is C21H25N5O2S. The first kappa shape index (κ1) is 19.6. The molecule has 1 aromatic carbocycles. The van der Waals surface area contributed by atoms with Crippen molar-refractivity contribution in [1.82, 2.24) is 19.9 Å². The van der Waals surface area contributed by atoms with Gasteiger partial charge in [-0.3, -0.25) is 9.59 Å². The van der Waals surface area contributed by atoms with E-state index in [-0.39, 0.29) is 23.3 Å². The van der Waals surface area contributed by atoms with Crippen LogP contribution in [0.15, 0.2) is 41.2 Å². The fourth-order valence-corrected chi connectivity index (χ4v) is 4.67. The van der Waals surface area contributed by atoms with E-state index < -0.39 is 0 Å². The van der Waals surface area contributed by atoms with E-state index in [9.17, 15) is 9.59 Å². The zero-order valence-corrected chi connectivity index (χ0v) is 17.5. The van der Waals surface area contributed by atoms with Crippen LogP contribution >= 0.6 is 11.3 Å². The third-order valence-corrected chi connectivity index (χ3v) is 6.42. The molecule has 0 saturated carbocycles. The smallest absolute Gasteiger partial charge is 0.275 e. The summed E-state index contributed by atoms with van der Waals surface area (Å²) in [5, 5.41) is 8.33. The lowest BCUT2D eigenvalue weighted by molar-refractivity contribution is -0.125. The fraction of sp³-hybridized carbons (Fsp3) is 0.429. The molecule has 0 unspecified atom stereocenters. The van der Waals surface area contributed by atoms with E-state index in [1.165, 1.54) is 27.5 Å². The van der Waals surface area contributed by atoms with Crippen LogP contribution in [-0.2, 0) is 4.79 Å². The number of hydrogen-bond donors (Lipinski definition) is 1. The molecular weight excluding hydrogens is 386 g/mol. The Morgan fingerprint density at radius 2 is 2.00 bits per heavy atom. The number of piperidine rings is 1. The summed E-state index contributed by atoms with van der Waals surface area (Å²) < 4.78 is 1.36. The van der Waals surface area contributed by atoms with Gasteiger partial charge < -0.3 is 10.2 Å². The molecule has 1 atom stereocenters. The number of aryl methyl sites for hydroxylation is 1. The van der Waals surface area contributed by atoms with Crippen molar-refractivity contribution in [2.24, 2.45) is 5.92 Å². The van der Waals surface area contributed by atoms with Gasteiger partial charge in [-0.15, -0.1) is 5.10 Å². The Labute approximate surface area is 173 Å². The van der Waals surface area contributed by atoms with Crippen LogP contribution < -0.4 is 15.8 Å². The molecule has 1 aliphatic heterocycles. The lowest BCUT2D eigenvalue weighted by Gasteiger charge is -2.30. The first-order valence-corrected chi connectivity index (χ1v) is 10.8. The highest BCUT2D eigenvalue weighted by Gasteiger charge is 2.27. The van der Waals surface area contributed by atoms with Gasteiger partial charge in [0.25, 0.3) is 5.56 Å². The second-order valence-electron chi connectivity index (χ2n) is 7.63. The summed E-state index contributed by atoms with van der Waals surface area (Å²) in [7, 11) is 0. The SMILES string of the molecule is Cc1cc(=O)n2nc(N3CCC(C(=O)NC[C@@H](C)c4ccccc4)CC3)sc2n1. The highest BCUT2D eigenvalue weighted by Crippen LogP contribution is 2.27. The maximum Gasteiger partial charge on any atom is 0.275 e. The van der Waals surface area contributed by atoms with Gasteiger partial charge in [0.2, 0.25) is 16.0 Å². The average Bonchev–Trinajstić information content (AvgIpc) is 3.17. The normalized spacial score (nSPS) is 16.1. The number of nitrogens with zero attached hydrogens (tertiary/aromatic N) is 4. The molecule has 7 nitrogen and oxygen atoms in total. The molecule has 0 spiro atoms. The van der Waals surface area contributed by atoms with E-state index in [0.717, 1.165) is 31.1 Å². The van der Waals surface area contributed by atoms with Crippen LogP contribution in [0.25, 0.3) is 4.96 Å². The molecule has 2 aromatic heterocycles.